The molecule has 0 bridgehead atoms. The number of nitrogens with one attached hydrogen (secondary N) is 3. The summed E-state index contributed by atoms with van der Waals surface area (Å²) in [7, 11) is 0. The summed E-state index contributed by atoms with van der Waals surface area (Å²) in [5, 5.41) is 29.6. The monoisotopic (exact) mass is 569 g/mol. The van der Waals surface area contributed by atoms with Gasteiger partial charge in [-0.2, -0.15) is 0 Å². The van der Waals surface area contributed by atoms with Crippen molar-refractivity contribution in [3.63, 3.8) is 0 Å². The average Bonchev–Trinajstić information content (AvgIpc) is 3.65. The second-order valence-corrected chi connectivity index (χ2v) is 11.6. The fourth-order valence-corrected chi connectivity index (χ4v) is 7.09. The lowest BCUT2D eigenvalue weighted by Crippen LogP contribution is -2.66. The molecule has 212 valence electrons. The number of fused-ring (bicyclic) bond motifs is 1. The SMILES string of the molecule is C[C@@H](NC(=O)Cn1cnnn1)[C@H]1C(=O)N2C(C(=O)O)=C(S[C@@H]3CNC(C(=O)Nc4ccc(CN)cc4)C3)[C@H](C)[C@H]12. The number of thioether (sulfide) groups is 1. The predicted molar refractivity (Wildman–Crippen MR) is 144 cm³/mol. The Labute approximate surface area is 234 Å². The van der Waals surface area contributed by atoms with Gasteiger partial charge in [0.25, 0.3) is 0 Å². The molecular formula is C25H31N9O5S. The van der Waals surface area contributed by atoms with E-state index >= 15 is 0 Å². The molecule has 2 aromatic rings. The molecule has 0 radical (unpaired) electrons. The molecule has 1 aromatic heterocycles. The number of tetrazole rings is 1. The van der Waals surface area contributed by atoms with Crippen LogP contribution in [-0.2, 0) is 32.3 Å². The van der Waals surface area contributed by atoms with Gasteiger partial charge in [-0.25, -0.2) is 9.48 Å². The lowest BCUT2D eigenvalue weighted by molar-refractivity contribution is -0.158. The van der Waals surface area contributed by atoms with Crippen LogP contribution in [0, 0.1) is 11.8 Å². The molecule has 14 nitrogen and oxygen atoms in total. The third kappa shape index (κ3) is 5.31. The van der Waals surface area contributed by atoms with Gasteiger partial charge in [-0.1, -0.05) is 19.1 Å². The van der Waals surface area contributed by atoms with Gasteiger partial charge >= 0.3 is 5.97 Å². The lowest BCUT2D eigenvalue weighted by atomic mass is 9.78. The lowest BCUT2D eigenvalue weighted by Gasteiger charge is -2.47. The minimum atomic E-state index is -1.17. The molecule has 15 heteroatoms. The zero-order valence-electron chi connectivity index (χ0n) is 22.0. The van der Waals surface area contributed by atoms with Crippen LogP contribution in [0.5, 0.6) is 0 Å². The summed E-state index contributed by atoms with van der Waals surface area (Å²) in [6.07, 6.45) is 1.82. The number of carbonyl (C=O) groups excluding carboxylic acids is 3. The highest BCUT2D eigenvalue weighted by Crippen LogP contribution is 2.51. The molecule has 6 atom stereocenters. The number of anilines is 1. The quantitative estimate of drug-likeness (QED) is 0.232. The van der Waals surface area contributed by atoms with Gasteiger partial charge in [0.05, 0.1) is 18.0 Å². The molecule has 0 spiro atoms. The zero-order chi connectivity index (χ0) is 28.6. The average molecular weight is 570 g/mol. The Morgan fingerprint density at radius 2 is 2.02 bits per heavy atom. The zero-order valence-corrected chi connectivity index (χ0v) is 22.8. The molecule has 1 aromatic carbocycles. The minimum absolute atomic E-state index is 0.0103. The number of carboxylic acids is 1. The van der Waals surface area contributed by atoms with Crippen molar-refractivity contribution in [3.05, 3.63) is 46.8 Å². The van der Waals surface area contributed by atoms with E-state index in [0.29, 0.717) is 30.1 Å². The van der Waals surface area contributed by atoms with E-state index in [4.69, 9.17) is 5.73 Å². The molecule has 0 saturated carbocycles. The third-order valence-corrected chi connectivity index (χ3v) is 9.09. The van der Waals surface area contributed by atoms with Crippen molar-refractivity contribution in [3.8, 4) is 0 Å². The van der Waals surface area contributed by atoms with E-state index in [0.717, 1.165) is 5.56 Å². The van der Waals surface area contributed by atoms with Gasteiger partial charge in [0, 0.05) is 40.9 Å². The van der Waals surface area contributed by atoms with Crippen molar-refractivity contribution in [2.45, 2.75) is 56.7 Å². The van der Waals surface area contributed by atoms with Crippen LogP contribution in [0.4, 0.5) is 5.69 Å². The van der Waals surface area contributed by atoms with E-state index in [1.165, 1.54) is 27.7 Å². The fourth-order valence-electron chi connectivity index (χ4n) is 5.61. The molecule has 0 aliphatic carbocycles. The molecule has 6 N–H and O–H groups in total. The number of benzene rings is 1. The highest BCUT2D eigenvalue weighted by atomic mass is 32.2. The predicted octanol–water partition coefficient (Wildman–Crippen LogP) is -0.488. The molecule has 2 fully saturated rings. The van der Waals surface area contributed by atoms with Crippen LogP contribution < -0.4 is 21.7 Å². The van der Waals surface area contributed by atoms with E-state index in [9.17, 15) is 24.3 Å². The Balaban J connectivity index is 1.21. The number of carboxylic acid groups (broad SMARTS) is 1. The standard InChI is InChI=1S/C25H31N9O5S/c1-12-20-19(13(2)29-18(35)10-33-11-28-31-32-33)24(37)34(20)21(25(38)39)22(12)40-16-7-17(27-9-16)23(36)30-15-5-3-14(8-26)4-6-15/h3-6,11-13,16-17,19-20,27H,7-10,26H2,1-2H3,(H,29,35)(H,30,36)(H,38,39)/t12-,13-,16+,17?,19-,20-/m1/s1. The summed E-state index contributed by atoms with van der Waals surface area (Å²) in [6.45, 7) is 4.49. The number of nitrogens with two attached hydrogens (primary N) is 1. The van der Waals surface area contributed by atoms with Crippen molar-refractivity contribution in [1.29, 1.82) is 0 Å². The van der Waals surface area contributed by atoms with E-state index in [1.54, 1.807) is 19.1 Å². The van der Waals surface area contributed by atoms with E-state index in [2.05, 4.69) is 31.5 Å². The van der Waals surface area contributed by atoms with Gasteiger partial charge < -0.3 is 31.7 Å². The van der Waals surface area contributed by atoms with Gasteiger partial charge in [0.1, 0.15) is 18.6 Å². The summed E-state index contributed by atoms with van der Waals surface area (Å²) in [5.74, 6) is -2.82. The van der Waals surface area contributed by atoms with Crippen LogP contribution >= 0.6 is 11.8 Å². The number of hydrogen-bond acceptors (Lipinski definition) is 10. The molecule has 2 saturated heterocycles. The Hall–Kier alpha value is -3.82. The van der Waals surface area contributed by atoms with Crippen LogP contribution in [0.25, 0.3) is 0 Å². The first-order valence-electron chi connectivity index (χ1n) is 13.0. The number of aromatic nitrogens is 4. The number of hydrogen-bond donors (Lipinski definition) is 5. The highest BCUT2D eigenvalue weighted by Gasteiger charge is 2.60. The first kappa shape index (κ1) is 27.7. The second kappa shape index (κ2) is 11.3. The number of carbonyl (C=O) groups is 4. The Morgan fingerprint density at radius 1 is 1.27 bits per heavy atom. The minimum Gasteiger partial charge on any atom is -0.477 e. The first-order chi connectivity index (χ1) is 19.2. The van der Waals surface area contributed by atoms with Crippen molar-refractivity contribution < 1.29 is 24.3 Å². The number of aliphatic carboxylic acids is 1. The van der Waals surface area contributed by atoms with Crippen LogP contribution in [0.15, 0.2) is 41.2 Å². The van der Waals surface area contributed by atoms with Gasteiger partial charge in [0.2, 0.25) is 17.7 Å². The molecule has 3 aliphatic rings. The number of rotatable bonds is 10. The Bertz CT molecular complexity index is 1330. The largest absolute Gasteiger partial charge is 0.477 e. The maximum absolute atomic E-state index is 13.1. The summed E-state index contributed by atoms with van der Waals surface area (Å²) in [5.41, 5.74) is 7.26. The molecule has 3 aliphatic heterocycles. The smallest absolute Gasteiger partial charge is 0.353 e. The molecule has 5 rings (SSSR count). The number of nitrogens with zero attached hydrogens (tertiary/aromatic N) is 5. The van der Waals surface area contributed by atoms with Crippen LogP contribution in [0.1, 0.15) is 25.8 Å². The van der Waals surface area contributed by atoms with E-state index in [-0.39, 0.29) is 47.2 Å². The molecule has 40 heavy (non-hydrogen) atoms. The molecule has 1 unspecified atom stereocenters. The Kier molecular flexibility index (Phi) is 7.87. The molecular weight excluding hydrogens is 538 g/mol. The maximum atomic E-state index is 13.1. The molecule has 3 amide bonds. The van der Waals surface area contributed by atoms with Crippen LogP contribution in [0.2, 0.25) is 0 Å². The van der Waals surface area contributed by atoms with Crippen molar-refractivity contribution >= 4 is 41.1 Å². The second-order valence-electron chi connectivity index (χ2n) is 10.2. The fraction of sp³-hybridized carbons (Fsp3) is 0.480. The van der Waals surface area contributed by atoms with Crippen molar-refractivity contribution in [1.82, 2.24) is 35.7 Å². The maximum Gasteiger partial charge on any atom is 0.353 e. The number of β-lactam (4-membered cyclic amide) rings is 1. The van der Waals surface area contributed by atoms with Crippen molar-refractivity contribution in [2.24, 2.45) is 17.6 Å². The van der Waals surface area contributed by atoms with Crippen molar-refractivity contribution in [2.75, 3.05) is 11.9 Å². The topological polar surface area (TPSA) is 197 Å². The third-order valence-electron chi connectivity index (χ3n) is 7.57. The summed E-state index contributed by atoms with van der Waals surface area (Å²) in [6, 6.07) is 6.00. The summed E-state index contributed by atoms with van der Waals surface area (Å²) in [4.78, 5) is 52.7. The van der Waals surface area contributed by atoms with Crippen LogP contribution in [0.3, 0.4) is 0 Å². The van der Waals surface area contributed by atoms with Gasteiger partial charge in [-0.3, -0.25) is 14.4 Å². The van der Waals surface area contributed by atoms with Crippen LogP contribution in [-0.4, -0.2) is 83.8 Å². The highest BCUT2D eigenvalue weighted by molar-refractivity contribution is 8.03. The Morgan fingerprint density at radius 3 is 2.67 bits per heavy atom. The molecule has 4 heterocycles. The van der Waals surface area contributed by atoms with Gasteiger partial charge in [-0.05, 0) is 41.5 Å². The van der Waals surface area contributed by atoms with E-state index < -0.39 is 24.0 Å². The normalized spacial score (nSPS) is 26.3. The number of amides is 3. The summed E-state index contributed by atoms with van der Waals surface area (Å²) < 4.78 is 1.27. The van der Waals surface area contributed by atoms with E-state index in [1.807, 2.05) is 19.1 Å². The van der Waals surface area contributed by atoms with Gasteiger partial charge in [0.15, 0.2) is 0 Å². The van der Waals surface area contributed by atoms with Gasteiger partial charge in [-0.15, -0.1) is 16.9 Å². The first-order valence-corrected chi connectivity index (χ1v) is 13.9. The summed E-state index contributed by atoms with van der Waals surface area (Å²) >= 11 is 1.41.